The smallest absolute Gasteiger partial charge is 0.0935 e. The Hall–Kier alpha value is -3.18. The second-order valence-electron chi connectivity index (χ2n) is 8.95. The highest BCUT2D eigenvalue weighted by molar-refractivity contribution is 5.91. The third-order valence-electron chi connectivity index (χ3n) is 7.20. The van der Waals surface area contributed by atoms with Crippen LogP contribution < -0.4 is 9.80 Å². The summed E-state index contributed by atoms with van der Waals surface area (Å²) >= 11 is 0. The highest BCUT2D eigenvalue weighted by Gasteiger charge is 2.28. The van der Waals surface area contributed by atoms with Crippen LogP contribution in [0.15, 0.2) is 73.1 Å². The van der Waals surface area contributed by atoms with Crippen molar-refractivity contribution >= 4 is 33.2 Å². The van der Waals surface area contributed by atoms with E-state index in [2.05, 4.69) is 73.2 Å². The summed E-state index contributed by atoms with van der Waals surface area (Å²) in [5.74, 6) is 0. The van der Waals surface area contributed by atoms with E-state index in [4.69, 9.17) is 0 Å². The van der Waals surface area contributed by atoms with Crippen LogP contribution in [-0.4, -0.2) is 60.2 Å². The summed E-state index contributed by atoms with van der Waals surface area (Å²) < 4.78 is 0. The molecule has 0 unspecified atom stereocenters. The minimum atomic E-state index is 0.682. The fourth-order valence-electron chi connectivity index (χ4n) is 5.49. The molecular weight excluding hydrogens is 394 g/mol. The Kier molecular flexibility index (Phi) is 5.12. The first-order valence-corrected chi connectivity index (χ1v) is 11.8. The van der Waals surface area contributed by atoms with Gasteiger partial charge in [-0.3, -0.25) is 14.9 Å². The molecule has 0 amide bonds. The van der Waals surface area contributed by atoms with Crippen molar-refractivity contribution in [2.45, 2.75) is 18.9 Å². The number of nitrogens with zero attached hydrogens (tertiary/aromatic N) is 5. The Morgan fingerprint density at radius 1 is 0.562 bits per heavy atom. The van der Waals surface area contributed by atoms with Gasteiger partial charge in [-0.05, 0) is 37.1 Å². The van der Waals surface area contributed by atoms with Gasteiger partial charge in [0.15, 0.2) is 0 Å². The number of piperazine rings is 1. The molecule has 2 aliphatic heterocycles. The standard InChI is InChI=1S/C27H29N5/c1-5-21-7-3-13-28-26(21)24(9-1)31-15-11-23(12-16-31)30-17-19-32(20-18-30)25-10-2-6-22-8-4-14-29-27(22)25/h1-10,13-14,23H,11-12,15-20H2. The molecule has 32 heavy (non-hydrogen) atoms. The zero-order valence-electron chi connectivity index (χ0n) is 18.4. The van der Waals surface area contributed by atoms with Crippen LogP contribution in [-0.2, 0) is 0 Å². The number of aromatic nitrogens is 2. The number of fused-ring (bicyclic) bond motifs is 2. The van der Waals surface area contributed by atoms with Crippen LogP contribution in [0.1, 0.15) is 12.8 Å². The third-order valence-corrected chi connectivity index (χ3v) is 7.20. The third kappa shape index (κ3) is 3.56. The van der Waals surface area contributed by atoms with Crippen molar-refractivity contribution in [3.05, 3.63) is 73.1 Å². The number of benzene rings is 2. The minimum absolute atomic E-state index is 0.682. The summed E-state index contributed by atoms with van der Waals surface area (Å²) in [7, 11) is 0. The van der Waals surface area contributed by atoms with E-state index in [9.17, 15) is 0 Å². The number of piperidine rings is 1. The highest BCUT2D eigenvalue weighted by atomic mass is 15.3. The zero-order valence-corrected chi connectivity index (χ0v) is 18.4. The van der Waals surface area contributed by atoms with Gasteiger partial charge in [-0.25, -0.2) is 0 Å². The molecule has 4 heterocycles. The number of anilines is 2. The largest absolute Gasteiger partial charge is 0.370 e. The molecule has 2 aliphatic rings. The topological polar surface area (TPSA) is 35.5 Å². The highest BCUT2D eigenvalue weighted by Crippen LogP contribution is 2.30. The van der Waals surface area contributed by atoms with Crippen LogP contribution in [0, 0.1) is 0 Å². The quantitative estimate of drug-likeness (QED) is 0.482. The normalized spacial score (nSPS) is 18.5. The van der Waals surface area contributed by atoms with Crippen molar-refractivity contribution in [1.29, 1.82) is 0 Å². The van der Waals surface area contributed by atoms with Gasteiger partial charge in [-0.2, -0.15) is 0 Å². The van der Waals surface area contributed by atoms with E-state index in [1.807, 2.05) is 24.5 Å². The maximum atomic E-state index is 4.66. The fraction of sp³-hybridized carbons (Fsp3) is 0.333. The monoisotopic (exact) mass is 423 g/mol. The van der Waals surface area contributed by atoms with E-state index >= 15 is 0 Å². The number of hydrogen-bond donors (Lipinski definition) is 0. The second-order valence-corrected chi connectivity index (χ2v) is 8.95. The maximum absolute atomic E-state index is 4.66. The molecule has 2 saturated heterocycles. The van der Waals surface area contributed by atoms with Crippen molar-refractivity contribution in [3.63, 3.8) is 0 Å². The van der Waals surface area contributed by atoms with Gasteiger partial charge in [0.25, 0.3) is 0 Å². The first kappa shape index (κ1) is 19.5. The van der Waals surface area contributed by atoms with Gasteiger partial charge >= 0.3 is 0 Å². The molecule has 0 bridgehead atoms. The van der Waals surface area contributed by atoms with Gasteiger partial charge in [0.2, 0.25) is 0 Å². The molecule has 5 heteroatoms. The average Bonchev–Trinajstić information content (AvgIpc) is 2.88. The Bertz CT molecular complexity index is 1120. The lowest BCUT2D eigenvalue weighted by atomic mass is 10.0. The van der Waals surface area contributed by atoms with Crippen LogP contribution in [0.4, 0.5) is 11.4 Å². The first-order chi connectivity index (χ1) is 15.9. The molecule has 5 nitrogen and oxygen atoms in total. The molecular formula is C27H29N5. The SMILES string of the molecule is c1cnc2c(N3CCC(N4CCN(c5cccc6cccnc56)CC4)CC3)cccc2c1. The zero-order chi connectivity index (χ0) is 21.3. The number of rotatable bonds is 3. The first-order valence-electron chi connectivity index (χ1n) is 11.8. The van der Waals surface area contributed by atoms with Crippen molar-refractivity contribution in [3.8, 4) is 0 Å². The Morgan fingerprint density at radius 2 is 1.06 bits per heavy atom. The van der Waals surface area contributed by atoms with Crippen LogP contribution >= 0.6 is 0 Å². The van der Waals surface area contributed by atoms with E-state index in [1.165, 1.54) is 35.0 Å². The number of pyridine rings is 2. The lowest BCUT2D eigenvalue weighted by molar-refractivity contribution is 0.160. The summed E-state index contributed by atoms with van der Waals surface area (Å²) in [5.41, 5.74) is 4.82. The maximum Gasteiger partial charge on any atom is 0.0935 e. The molecule has 0 spiro atoms. The summed E-state index contributed by atoms with van der Waals surface area (Å²) in [6, 6.07) is 22.1. The predicted molar refractivity (Wildman–Crippen MR) is 133 cm³/mol. The molecule has 4 aromatic rings. The van der Waals surface area contributed by atoms with Gasteiger partial charge in [0, 0.05) is 68.5 Å². The summed E-state index contributed by atoms with van der Waals surface area (Å²) in [6.07, 6.45) is 6.25. The molecule has 0 atom stereocenters. The Balaban J connectivity index is 1.10. The molecule has 2 fully saturated rings. The second kappa shape index (κ2) is 8.40. The molecule has 0 saturated carbocycles. The Morgan fingerprint density at radius 3 is 1.62 bits per heavy atom. The molecule has 0 radical (unpaired) electrons. The number of para-hydroxylation sites is 2. The van der Waals surface area contributed by atoms with E-state index < -0.39 is 0 Å². The molecule has 6 rings (SSSR count). The predicted octanol–water partition coefficient (Wildman–Crippen LogP) is 4.57. The van der Waals surface area contributed by atoms with Gasteiger partial charge in [-0.1, -0.05) is 36.4 Å². The number of hydrogen-bond acceptors (Lipinski definition) is 5. The van der Waals surface area contributed by atoms with Gasteiger partial charge in [0.05, 0.1) is 22.4 Å². The van der Waals surface area contributed by atoms with Crippen molar-refractivity contribution in [1.82, 2.24) is 14.9 Å². The summed E-state index contributed by atoms with van der Waals surface area (Å²) in [5, 5.41) is 2.45. The lowest BCUT2D eigenvalue weighted by Crippen LogP contribution is -2.53. The van der Waals surface area contributed by atoms with Crippen molar-refractivity contribution in [2.75, 3.05) is 49.1 Å². The van der Waals surface area contributed by atoms with Gasteiger partial charge in [0.1, 0.15) is 0 Å². The van der Waals surface area contributed by atoms with Crippen LogP contribution in [0.5, 0.6) is 0 Å². The van der Waals surface area contributed by atoms with Gasteiger partial charge in [-0.15, -0.1) is 0 Å². The molecule has 2 aromatic heterocycles. The van der Waals surface area contributed by atoms with Crippen LogP contribution in [0.3, 0.4) is 0 Å². The molecule has 2 aromatic carbocycles. The minimum Gasteiger partial charge on any atom is -0.370 e. The fourth-order valence-corrected chi connectivity index (χ4v) is 5.49. The van der Waals surface area contributed by atoms with E-state index in [-0.39, 0.29) is 0 Å². The molecule has 0 N–H and O–H groups in total. The van der Waals surface area contributed by atoms with E-state index in [0.29, 0.717) is 6.04 Å². The molecule has 162 valence electrons. The van der Waals surface area contributed by atoms with E-state index in [1.54, 1.807) is 0 Å². The summed E-state index contributed by atoms with van der Waals surface area (Å²) in [4.78, 5) is 17.1. The van der Waals surface area contributed by atoms with E-state index in [0.717, 1.165) is 50.3 Å². The Labute approximate surface area is 189 Å². The average molecular weight is 424 g/mol. The van der Waals surface area contributed by atoms with Crippen LogP contribution in [0.25, 0.3) is 21.8 Å². The summed E-state index contributed by atoms with van der Waals surface area (Å²) in [6.45, 7) is 6.61. The van der Waals surface area contributed by atoms with Gasteiger partial charge < -0.3 is 9.80 Å². The van der Waals surface area contributed by atoms with Crippen molar-refractivity contribution in [2.24, 2.45) is 0 Å². The molecule has 0 aliphatic carbocycles. The van der Waals surface area contributed by atoms with Crippen molar-refractivity contribution < 1.29 is 0 Å². The lowest BCUT2D eigenvalue weighted by Gasteiger charge is -2.44. The van der Waals surface area contributed by atoms with Crippen LogP contribution in [0.2, 0.25) is 0 Å².